The van der Waals surface area contributed by atoms with E-state index in [-0.39, 0.29) is 23.6 Å². The molecule has 0 amide bonds. The summed E-state index contributed by atoms with van der Waals surface area (Å²) in [4.78, 5) is 17.5. The summed E-state index contributed by atoms with van der Waals surface area (Å²) in [6.07, 6.45) is 7.57. The van der Waals surface area contributed by atoms with E-state index in [1.165, 1.54) is 34.5 Å². The highest BCUT2D eigenvalue weighted by molar-refractivity contribution is 5.95. The molecule has 7 heteroatoms. The maximum absolute atomic E-state index is 14.4. The van der Waals surface area contributed by atoms with E-state index in [0.29, 0.717) is 12.5 Å². The third-order valence-electron chi connectivity index (χ3n) is 11.2. The summed E-state index contributed by atoms with van der Waals surface area (Å²) in [5.41, 5.74) is 4.56. The van der Waals surface area contributed by atoms with Crippen molar-refractivity contribution in [3.8, 4) is 11.3 Å². The lowest BCUT2D eigenvalue weighted by Gasteiger charge is -2.35. The average molecular weight is 623 g/mol. The third-order valence-corrected chi connectivity index (χ3v) is 11.2. The Bertz CT molecular complexity index is 1650. The molecule has 7 rings (SSSR count). The predicted molar refractivity (Wildman–Crippen MR) is 181 cm³/mol. The van der Waals surface area contributed by atoms with Crippen LogP contribution in [0.2, 0.25) is 0 Å². The number of aromatic nitrogens is 2. The molecule has 0 spiro atoms. The fraction of sp³-hybridized carbons (Fsp3) is 0.487. The molecule has 2 aliphatic heterocycles. The summed E-state index contributed by atoms with van der Waals surface area (Å²) in [5, 5.41) is 17.9. The van der Waals surface area contributed by atoms with Gasteiger partial charge in [0.2, 0.25) is 0 Å². The van der Waals surface area contributed by atoms with Gasteiger partial charge in [0.05, 0.1) is 5.69 Å². The number of hydrogen-bond acceptors (Lipinski definition) is 4. The van der Waals surface area contributed by atoms with Gasteiger partial charge in [0.25, 0.3) is 0 Å². The van der Waals surface area contributed by atoms with Crippen LogP contribution in [0, 0.1) is 17.7 Å². The van der Waals surface area contributed by atoms with E-state index in [1.807, 2.05) is 6.07 Å². The van der Waals surface area contributed by atoms with Gasteiger partial charge in [-0.15, -0.1) is 0 Å². The Hall–Kier alpha value is -3.55. The number of likely N-dealkylation sites (tertiary alicyclic amines) is 2. The van der Waals surface area contributed by atoms with Crippen LogP contribution in [0.25, 0.3) is 22.0 Å². The molecule has 46 heavy (non-hydrogen) atoms. The molecule has 0 bridgehead atoms. The SMILES string of the molecule is CCn1nc(-c2cccc3ccccc23)cc1C1CCN(CC2CN(C(C(=O)O)C3CCCCC3)CC2c2cccc(F)c2)CC1. The Balaban J connectivity index is 1.06. The van der Waals surface area contributed by atoms with Gasteiger partial charge in [-0.1, -0.05) is 73.9 Å². The van der Waals surface area contributed by atoms with Gasteiger partial charge < -0.3 is 10.0 Å². The molecule has 1 aliphatic carbocycles. The van der Waals surface area contributed by atoms with Crippen molar-refractivity contribution in [2.75, 3.05) is 32.7 Å². The Kier molecular flexibility index (Phi) is 9.23. The molecule has 3 aliphatic rings. The molecule has 3 unspecified atom stereocenters. The van der Waals surface area contributed by atoms with Gasteiger partial charge in [-0.2, -0.15) is 5.10 Å². The number of nitrogens with zero attached hydrogens (tertiary/aromatic N) is 4. The fourth-order valence-electron chi connectivity index (χ4n) is 8.87. The zero-order chi connectivity index (χ0) is 31.6. The molecule has 3 fully saturated rings. The van der Waals surface area contributed by atoms with Crippen molar-refractivity contribution in [3.63, 3.8) is 0 Å². The minimum absolute atomic E-state index is 0.128. The average Bonchev–Trinajstić information content (AvgIpc) is 3.70. The molecular weight excluding hydrogens is 575 g/mol. The van der Waals surface area contributed by atoms with Gasteiger partial charge in [0.15, 0.2) is 0 Å². The van der Waals surface area contributed by atoms with Gasteiger partial charge in [-0.05, 0) is 92.1 Å². The van der Waals surface area contributed by atoms with Crippen LogP contribution in [0.15, 0.2) is 72.8 Å². The lowest BCUT2D eigenvalue weighted by molar-refractivity contribution is -0.145. The summed E-state index contributed by atoms with van der Waals surface area (Å²) in [6.45, 7) is 7.38. The molecule has 3 aromatic carbocycles. The Morgan fingerprint density at radius 1 is 0.935 bits per heavy atom. The summed E-state index contributed by atoms with van der Waals surface area (Å²) in [5.74, 6) is 0.145. The van der Waals surface area contributed by atoms with Crippen LogP contribution in [-0.4, -0.2) is 69.4 Å². The standard InChI is InChI=1S/C39H47FN4O2/c1-2-44-37(23-36(41-44)34-17-9-13-27-10-6-7-16-33(27)34)28-18-20-42(21-19-28)24-31-25-43(26-35(31)30-14-8-15-32(40)22-30)38(39(45)46)29-11-4-3-5-12-29/h6-10,13-17,22-23,28-29,31,35,38H,2-5,11-12,18-21,24-26H2,1H3,(H,45,46). The first-order valence-corrected chi connectivity index (χ1v) is 17.5. The number of benzene rings is 3. The zero-order valence-electron chi connectivity index (χ0n) is 27.0. The first kappa shape index (κ1) is 31.1. The quantitative estimate of drug-likeness (QED) is 0.207. The number of carboxylic acids is 1. The van der Waals surface area contributed by atoms with E-state index >= 15 is 0 Å². The van der Waals surface area contributed by atoms with Crippen LogP contribution in [0.1, 0.15) is 75.0 Å². The van der Waals surface area contributed by atoms with Crippen molar-refractivity contribution >= 4 is 16.7 Å². The molecule has 4 aromatic rings. The van der Waals surface area contributed by atoms with E-state index in [0.717, 1.165) is 82.5 Å². The first-order valence-electron chi connectivity index (χ1n) is 17.5. The number of carbonyl (C=O) groups is 1. The number of aryl methyl sites for hydroxylation is 1. The van der Waals surface area contributed by atoms with Crippen LogP contribution in [0.5, 0.6) is 0 Å². The van der Waals surface area contributed by atoms with Gasteiger partial charge in [-0.3, -0.25) is 14.4 Å². The number of carboxylic acid groups (broad SMARTS) is 1. The lowest BCUT2D eigenvalue weighted by atomic mass is 9.83. The summed E-state index contributed by atoms with van der Waals surface area (Å²) in [7, 11) is 0. The van der Waals surface area contributed by atoms with E-state index in [1.54, 1.807) is 12.1 Å². The maximum Gasteiger partial charge on any atom is 0.321 e. The van der Waals surface area contributed by atoms with Gasteiger partial charge in [-0.25, -0.2) is 4.39 Å². The third kappa shape index (κ3) is 6.37. The van der Waals surface area contributed by atoms with Crippen molar-refractivity contribution in [1.29, 1.82) is 0 Å². The minimum atomic E-state index is -0.693. The molecule has 2 saturated heterocycles. The van der Waals surface area contributed by atoms with Gasteiger partial charge >= 0.3 is 5.97 Å². The van der Waals surface area contributed by atoms with E-state index in [2.05, 4.69) is 69.9 Å². The van der Waals surface area contributed by atoms with E-state index in [4.69, 9.17) is 5.10 Å². The minimum Gasteiger partial charge on any atom is -0.480 e. The number of hydrogen-bond donors (Lipinski definition) is 1. The zero-order valence-corrected chi connectivity index (χ0v) is 27.0. The highest BCUT2D eigenvalue weighted by atomic mass is 19.1. The molecule has 242 valence electrons. The van der Waals surface area contributed by atoms with Crippen molar-refractivity contribution in [2.45, 2.75) is 76.3 Å². The van der Waals surface area contributed by atoms with Crippen molar-refractivity contribution in [3.05, 3.63) is 89.9 Å². The van der Waals surface area contributed by atoms with Gasteiger partial charge in [0.1, 0.15) is 11.9 Å². The number of halogens is 1. The monoisotopic (exact) mass is 622 g/mol. The van der Waals surface area contributed by atoms with Crippen LogP contribution < -0.4 is 0 Å². The van der Waals surface area contributed by atoms with Gasteiger partial charge in [0, 0.05) is 49.3 Å². The van der Waals surface area contributed by atoms with Crippen LogP contribution in [0.4, 0.5) is 4.39 Å². The smallest absolute Gasteiger partial charge is 0.321 e. The highest BCUT2D eigenvalue weighted by Crippen LogP contribution is 2.40. The summed E-state index contributed by atoms with van der Waals surface area (Å²) < 4.78 is 16.6. The Labute approximate surface area is 272 Å². The first-order chi connectivity index (χ1) is 22.5. The number of rotatable bonds is 9. The normalized spacial score (nSPS) is 22.8. The fourth-order valence-corrected chi connectivity index (χ4v) is 8.87. The second-order valence-electron chi connectivity index (χ2n) is 13.9. The molecule has 3 heterocycles. The van der Waals surface area contributed by atoms with Crippen LogP contribution >= 0.6 is 0 Å². The molecule has 1 N–H and O–H groups in total. The topological polar surface area (TPSA) is 61.6 Å². The molecule has 6 nitrogen and oxygen atoms in total. The molecule has 0 radical (unpaired) electrons. The van der Waals surface area contributed by atoms with Crippen molar-refractivity contribution in [2.24, 2.45) is 11.8 Å². The predicted octanol–water partition coefficient (Wildman–Crippen LogP) is 7.79. The molecular formula is C39H47FN4O2. The van der Waals surface area contributed by atoms with E-state index < -0.39 is 12.0 Å². The van der Waals surface area contributed by atoms with Crippen molar-refractivity contribution < 1.29 is 14.3 Å². The second-order valence-corrected chi connectivity index (χ2v) is 13.9. The number of aliphatic carboxylic acids is 1. The number of fused-ring (bicyclic) bond motifs is 1. The Morgan fingerprint density at radius 3 is 2.46 bits per heavy atom. The number of piperidine rings is 1. The second kappa shape index (κ2) is 13.7. The molecule has 1 saturated carbocycles. The maximum atomic E-state index is 14.4. The van der Waals surface area contributed by atoms with Crippen molar-refractivity contribution in [1.82, 2.24) is 19.6 Å². The highest BCUT2D eigenvalue weighted by Gasteiger charge is 2.43. The lowest BCUT2D eigenvalue weighted by Crippen LogP contribution is -2.46. The van der Waals surface area contributed by atoms with E-state index in [9.17, 15) is 14.3 Å². The Morgan fingerprint density at radius 2 is 1.70 bits per heavy atom. The van der Waals surface area contributed by atoms with Crippen LogP contribution in [-0.2, 0) is 11.3 Å². The largest absolute Gasteiger partial charge is 0.480 e. The summed E-state index contributed by atoms with van der Waals surface area (Å²) >= 11 is 0. The van der Waals surface area contributed by atoms with Crippen LogP contribution in [0.3, 0.4) is 0 Å². The summed E-state index contributed by atoms with van der Waals surface area (Å²) in [6, 6.07) is 23.9. The molecule has 1 aromatic heterocycles. The molecule has 3 atom stereocenters.